The highest BCUT2D eigenvalue weighted by atomic mass is 19.4. The number of alkyl halides is 4. The zero-order chi connectivity index (χ0) is 22.1. The van der Waals surface area contributed by atoms with E-state index in [1.165, 1.54) is 36.0 Å². The number of allylic oxidation sites excluding steroid dienone is 1. The number of amides is 1. The number of ether oxygens (including phenoxy) is 1. The first kappa shape index (κ1) is 21.3. The van der Waals surface area contributed by atoms with Crippen LogP contribution in [0.2, 0.25) is 0 Å². The van der Waals surface area contributed by atoms with Gasteiger partial charge in [0.25, 0.3) is 12.3 Å². The lowest BCUT2D eigenvalue weighted by Gasteiger charge is -2.21. The van der Waals surface area contributed by atoms with Gasteiger partial charge in [0, 0.05) is 31.7 Å². The van der Waals surface area contributed by atoms with E-state index in [1.54, 1.807) is 26.2 Å². The van der Waals surface area contributed by atoms with Gasteiger partial charge in [-0.2, -0.15) is 22.7 Å². The van der Waals surface area contributed by atoms with Crippen molar-refractivity contribution in [3.63, 3.8) is 0 Å². The van der Waals surface area contributed by atoms with Gasteiger partial charge in [-0.05, 0) is 31.2 Å². The van der Waals surface area contributed by atoms with Crippen molar-refractivity contribution in [1.82, 2.24) is 14.8 Å². The summed E-state index contributed by atoms with van der Waals surface area (Å²) in [7, 11) is 3.04. The standard InChI is InChI=1S/C20H18F4N4O2/c1-4-6-18(21)30-16-10-14-12(11-27(2)26-14)9-15(16)28(3)19(29)13-7-5-8-17(25-13)20(22,23)24/h4-11,18H,1-3H3/b6-4+. The molecular formula is C20H18F4N4O2. The molecule has 2 aromatic heterocycles. The summed E-state index contributed by atoms with van der Waals surface area (Å²) in [6, 6.07) is 6.06. The molecule has 1 atom stereocenters. The third-order valence-corrected chi connectivity index (χ3v) is 4.21. The molecule has 0 spiro atoms. The maximum Gasteiger partial charge on any atom is 0.433 e. The van der Waals surface area contributed by atoms with Crippen molar-refractivity contribution < 1.29 is 27.1 Å². The fraction of sp³-hybridized carbons (Fsp3) is 0.250. The van der Waals surface area contributed by atoms with Crippen LogP contribution in [0.5, 0.6) is 5.75 Å². The molecule has 3 aromatic rings. The summed E-state index contributed by atoms with van der Waals surface area (Å²) in [6.45, 7) is 1.62. The van der Waals surface area contributed by atoms with E-state index in [1.807, 2.05) is 0 Å². The lowest BCUT2D eigenvalue weighted by Crippen LogP contribution is -2.28. The molecule has 30 heavy (non-hydrogen) atoms. The number of hydrogen-bond donors (Lipinski definition) is 0. The summed E-state index contributed by atoms with van der Waals surface area (Å²) < 4.78 is 59.7. The Bertz CT molecular complexity index is 1110. The number of halogens is 4. The second-order valence-electron chi connectivity index (χ2n) is 6.45. The third-order valence-electron chi connectivity index (χ3n) is 4.21. The van der Waals surface area contributed by atoms with Gasteiger partial charge < -0.3 is 9.64 Å². The van der Waals surface area contributed by atoms with Crippen molar-refractivity contribution in [2.45, 2.75) is 19.5 Å². The molecular weight excluding hydrogens is 404 g/mol. The Morgan fingerprint density at radius 3 is 2.70 bits per heavy atom. The Balaban J connectivity index is 2.04. The number of pyridine rings is 1. The molecule has 0 fully saturated rings. The van der Waals surface area contributed by atoms with Crippen LogP contribution in [-0.2, 0) is 13.2 Å². The molecule has 0 N–H and O–H groups in total. The zero-order valence-corrected chi connectivity index (χ0v) is 16.3. The first-order valence-corrected chi connectivity index (χ1v) is 8.83. The average molecular weight is 422 g/mol. The van der Waals surface area contributed by atoms with Crippen LogP contribution >= 0.6 is 0 Å². The maximum atomic E-state index is 14.1. The highest BCUT2D eigenvalue weighted by molar-refractivity contribution is 6.06. The van der Waals surface area contributed by atoms with Crippen LogP contribution in [0, 0.1) is 0 Å². The number of anilines is 1. The smallest absolute Gasteiger partial charge is 0.433 e. The lowest BCUT2D eigenvalue weighted by atomic mass is 10.2. The van der Waals surface area contributed by atoms with Crippen LogP contribution in [0.3, 0.4) is 0 Å². The number of carbonyl (C=O) groups excluding carboxylic acids is 1. The second kappa shape index (κ2) is 8.13. The normalized spacial score (nSPS) is 13.0. The number of hydrogen-bond acceptors (Lipinski definition) is 4. The summed E-state index contributed by atoms with van der Waals surface area (Å²) in [6.07, 6.45) is -2.16. The Morgan fingerprint density at radius 2 is 2.03 bits per heavy atom. The highest BCUT2D eigenvalue weighted by Crippen LogP contribution is 2.34. The van der Waals surface area contributed by atoms with Crippen molar-refractivity contribution >= 4 is 22.5 Å². The van der Waals surface area contributed by atoms with Gasteiger partial charge in [-0.25, -0.2) is 4.98 Å². The van der Waals surface area contributed by atoms with Gasteiger partial charge in [0.05, 0.1) is 11.2 Å². The molecule has 1 aromatic carbocycles. The van der Waals surface area contributed by atoms with Gasteiger partial charge >= 0.3 is 6.18 Å². The van der Waals surface area contributed by atoms with E-state index < -0.39 is 29.8 Å². The predicted octanol–water partition coefficient (Wildman–Crippen LogP) is 4.51. The van der Waals surface area contributed by atoms with Crippen molar-refractivity contribution in [3.8, 4) is 5.75 Å². The number of aromatic nitrogens is 3. The van der Waals surface area contributed by atoms with E-state index >= 15 is 0 Å². The lowest BCUT2D eigenvalue weighted by molar-refractivity contribution is -0.141. The maximum absolute atomic E-state index is 14.1. The monoisotopic (exact) mass is 422 g/mol. The molecule has 1 amide bonds. The van der Waals surface area contributed by atoms with E-state index in [9.17, 15) is 22.4 Å². The molecule has 0 radical (unpaired) electrons. The Labute approximate surface area is 169 Å². The first-order chi connectivity index (χ1) is 14.1. The topological polar surface area (TPSA) is 60.2 Å². The second-order valence-corrected chi connectivity index (χ2v) is 6.45. The van der Waals surface area contributed by atoms with Gasteiger partial charge in [0.2, 0.25) is 0 Å². The molecule has 0 aliphatic carbocycles. The molecule has 10 heteroatoms. The minimum atomic E-state index is -4.69. The highest BCUT2D eigenvalue weighted by Gasteiger charge is 2.33. The fourth-order valence-electron chi connectivity index (χ4n) is 2.83. The average Bonchev–Trinajstić information content (AvgIpc) is 3.04. The van der Waals surface area contributed by atoms with Gasteiger partial charge in [-0.15, -0.1) is 0 Å². The van der Waals surface area contributed by atoms with Gasteiger partial charge in [-0.3, -0.25) is 9.48 Å². The minimum Gasteiger partial charge on any atom is -0.455 e. The largest absolute Gasteiger partial charge is 0.455 e. The number of carbonyl (C=O) groups is 1. The van der Waals surface area contributed by atoms with Gasteiger partial charge in [-0.1, -0.05) is 12.1 Å². The number of benzene rings is 1. The molecule has 3 rings (SSSR count). The molecule has 2 heterocycles. The molecule has 0 bridgehead atoms. The van der Waals surface area contributed by atoms with Crippen molar-refractivity contribution in [2.24, 2.45) is 7.05 Å². The summed E-state index contributed by atoms with van der Waals surface area (Å²) >= 11 is 0. The molecule has 1 unspecified atom stereocenters. The van der Waals surface area contributed by atoms with Crippen LogP contribution in [0.15, 0.2) is 48.7 Å². The zero-order valence-electron chi connectivity index (χ0n) is 16.3. The Morgan fingerprint density at radius 1 is 1.30 bits per heavy atom. The number of nitrogens with zero attached hydrogens (tertiary/aromatic N) is 4. The fourth-order valence-corrected chi connectivity index (χ4v) is 2.83. The van der Waals surface area contributed by atoms with E-state index in [-0.39, 0.29) is 11.4 Å². The summed E-state index contributed by atoms with van der Waals surface area (Å²) in [5.41, 5.74) is -0.929. The number of rotatable bonds is 5. The van der Waals surface area contributed by atoms with E-state index in [0.29, 0.717) is 10.9 Å². The Kier molecular flexibility index (Phi) is 5.77. The van der Waals surface area contributed by atoms with Crippen LogP contribution in [0.4, 0.5) is 23.2 Å². The van der Waals surface area contributed by atoms with Crippen LogP contribution in [0.25, 0.3) is 10.9 Å². The molecule has 0 aliphatic rings. The molecule has 6 nitrogen and oxygen atoms in total. The summed E-state index contributed by atoms with van der Waals surface area (Å²) in [4.78, 5) is 17.3. The van der Waals surface area contributed by atoms with Gasteiger partial charge in [0.15, 0.2) is 0 Å². The van der Waals surface area contributed by atoms with Crippen LogP contribution in [0.1, 0.15) is 23.1 Å². The molecule has 0 saturated carbocycles. The predicted molar refractivity (Wildman–Crippen MR) is 103 cm³/mol. The van der Waals surface area contributed by atoms with E-state index in [2.05, 4.69) is 10.1 Å². The number of fused-ring (bicyclic) bond motifs is 1. The quantitative estimate of drug-likeness (QED) is 0.448. The van der Waals surface area contributed by atoms with Crippen LogP contribution < -0.4 is 9.64 Å². The Hall–Kier alpha value is -3.43. The van der Waals surface area contributed by atoms with Crippen molar-refractivity contribution in [3.05, 3.63) is 60.1 Å². The number of aryl methyl sites for hydroxylation is 1. The van der Waals surface area contributed by atoms with E-state index in [4.69, 9.17) is 4.74 Å². The molecule has 158 valence electrons. The summed E-state index contributed by atoms with van der Waals surface area (Å²) in [5.74, 6) is -0.801. The third kappa shape index (κ3) is 4.42. The first-order valence-electron chi connectivity index (χ1n) is 8.83. The van der Waals surface area contributed by atoms with Gasteiger partial charge in [0.1, 0.15) is 17.1 Å². The van der Waals surface area contributed by atoms with Crippen molar-refractivity contribution in [1.29, 1.82) is 0 Å². The van der Waals surface area contributed by atoms with Crippen molar-refractivity contribution in [2.75, 3.05) is 11.9 Å². The SMILES string of the molecule is C/C=C/C(F)Oc1cc2nn(C)cc2cc1N(C)C(=O)c1cccc(C(F)(F)F)n1. The minimum absolute atomic E-state index is 0.00891. The molecule has 0 aliphatic heterocycles. The van der Waals surface area contributed by atoms with E-state index in [0.717, 1.165) is 17.0 Å². The summed E-state index contributed by atoms with van der Waals surface area (Å²) in [5, 5.41) is 4.86. The van der Waals surface area contributed by atoms with Crippen LogP contribution in [-0.4, -0.2) is 34.1 Å². The molecule has 0 saturated heterocycles.